The van der Waals surface area contributed by atoms with Gasteiger partial charge in [-0.1, -0.05) is 233 Å². The molecule has 0 unspecified atom stereocenters. The third kappa shape index (κ3) is 45.1. The minimum Gasteiger partial charge on any atom is -0.466 e. The third-order valence-corrected chi connectivity index (χ3v) is 10.9. The predicted octanol–water partition coefficient (Wildman–Crippen LogP) is 16.2. The number of esters is 2. The molecular formula is C48H94O4. The van der Waals surface area contributed by atoms with E-state index in [0.717, 1.165) is 50.4 Å². The first-order chi connectivity index (χ1) is 25.4. The highest BCUT2D eigenvalue weighted by Gasteiger charge is 2.05. The fourth-order valence-corrected chi connectivity index (χ4v) is 7.31. The molecule has 0 saturated carbocycles. The highest BCUT2D eigenvalue weighted by Crippen LogP contribution is 2.17. The summed E-state index contributed by atoms with van der Waals surface area (Å²) in [6.45, 7) is 10.5. The first-order valence-electron chi connectivity index (χ1n) is 23.7. The molecule has 0 aliphatic rings. The van der Waals surface area contributed by atoms with E-state index in [0.29, 0.717) is 26.1 Å². The van der Waals surface area contributed by atoms with Gasteiger partial charge in [0.15, 0.2) is 0 Å². The second-order valence-corrected chi connectivity index (χ2v) is 17.3. The zero-order valence-electron chi connectivity index (χ0n) is 36.1. The van der Waals surface area contributed by atoms with Crippen LogP contribution in [-0.4, -0.2) is 25.2 Å². The Morgan fingerprint density at radius 3 is 0.712 bits per heavy atom. The molecule has 52 heavy (non-hydrogen) atoms. The number of carbonyl (C=O) groups excluding carboxylic acids is 2. The largest absolute Gasteiger partial charge is 0.466 e. The van der Waals surface area contributed by atoms with Crippen molar-refractivity contribution in [3.05, 3.63) is 0 Å². The lowest BCUT2D eigenvalue weighted by Gasteiger charge is -2.06. The van der Waals surface area contributed by atoms with Gasteiger partial charge in [-0.25, -0.2) is 0 Å². The van der Waals surface area contributed by atoms with Crippen molar-refractivity contribution in [3.63, 3.8) is 0 Å². The molecule has 0 amide bonds. The van der Waals surface area contributed by atoms with E-state index < -0.39 is 0 Å². The lowest BCUT2D eigenvalue weighted by atomic mass is 10.0. The minimum absolute atomic E-state index is 0.0607. The van der Waals surface area contributed by atoms with Gasteiger partial charge in [0.2, 0.25) is 0 Å². The number of rotatable bonds is 43. The van der Waals surface area contributed by atoms with E-state index in [-0.39, 0.29) is 11.9 Å². The molecule has 0 aliphatic carbocycles. The molecule has 0 atom stereocenters. The van der Waals surface area contributed by atoms with Crippen LogP contribution in [-0.2, 0) is 19.1 Å². The Hall–Kier alpha value is -1.06. The number of hydrogen-bond acceptors (Lipinski definition) is 4. The Morgan fingerprint density at radius 1 is 0.288 bits per heavy atom. The monoisotopic (exact) mass is 735 g/mol. The van der Waals surface area contributed by atoms with E-state index in [9.17, 15) is 9.59 Å². The Labute approximate surface area is 326 Å². The Balaban J connectivity index is 3.25. The Kier molecular flexibility index (Phi) is 41.8. The van der Waals surface area contributed by atoms with Crippen LogP contribution in [0.4, 0.5) is 0 Å². The summed E-state index contributed by atoms with van der Waals surface area (Å²) in [5.74, 6) is 1.61. The molecule has 310 valence electrons. The minimum atomic E-state index is -0.0607. The number of ether oxygens (including phenoxy) is 2. The summed E-state index contributed by atoms with van der Waals surface area (Å²) >= 11 is 0. The lowest BCUT2D eigenvalue weighted by molar-refractivity contribution is -0.145. The number of unbranched alkanes of at least 4 members (excludes halogenated alkanes) is 31. The van der Waals surface area contributed by atoms with Crippen molar-refractivity contribution in [3.8, 4) is 0 Å². The molecule has 0 bridgehead atoms. The van der Waals surface area contributed by atoms with Crippen LogP contribution in [0.25, 0.3) is 0 Å². The molecule has 0 fully saturated rings. The van der Waals surface area contributed by atoms with Gasteiger partial charge < -0.3 is 9.47 Å². The van der Waals surface area contributed by atoms with Gasteiger partial charge in [0, 0.05) is 12.8 Å². The van der Waals surface area contributed by atoms with Crippen molar-refractivity contribution in [1.82, 2.24) is 0 Å². The summed E-state index contributed by atoms with van der Waals surface area (Å²) in [4.78, 5) is 24.0. The average Bonchev–Trinajstić information content (AvgIpc) is 3.11. The van der Waals surface area contributed by atoms with Gasteiger partial charge in [-0.2, -0.15) is 0 Å². The van der Waals surface area contributed by atoms with Gasteiger partial charge in [-0.3, -0.25) is 9.59 Å². The van der Waals surface area contributed by atoms with Crippen LogP contribution in [0, 0.1) is 11.8 Å². The van der Waals surface area contributed by atoms with E-state index in [2.05, 4.69) is 27.7 Å². The summed E-state index contributed by atoms with van der Waals surface area (Å²) in [5.41, 5.74) is 0. The smallest absolute Gasteiger partial charge is 0.305 e. The van der Waals surface area contributed by atoms with Gasteiger partial charge in [-0.15, -0.1) is 0 Å². The Bertz CT molecular complexity index is 657. The van der Waals surface area contributed by atoms with Crippen molar-refractivity contribution < 1.29 is 19.1 Å². The molecule has 0 aliphatic heterocycles. The van der Waals surface area contributed by atoms with Gasteiger partial charge >= 0.3 is 11.9 Å². The summed E-state index contributed by atoms with van der Waals surface area (Å²) in [7, 11) is 0. The van der Waals surface area contributed by atoms with Gasteiger partial charge in [0.05, 0.1) is 13.2 Å². The first kappa shape index (κ1) is 50.9. The Morgan fingerprint density at radius 2 is 0.481 bits per heavy atom. The standard InChI is InChI=1S/C48H94O4/c1-45(2)39-33-27-23-19-15-11-7-5-9-13-17-21-25-31-37-43-51-47(49)41-35-29-30-36-42-48(50)52-44-38-32-26-22-18-14-10-6-8-12-16-20-24-28-34-40-46(3)4/h45-46H,5-44H2,1-4H3. The van der Waals surface area contributed by atoms with Crippen molar-refractivity contribution in [2.24, 2.45) is 11.8 Å². The van der Waals surface area contributed by atoms with E-state index in [1.165, 1.54) is 193 Å². The molecule has 0 aromatic carbocycles. The highest BCUT2D eigenvalue weighted by atomic mass is 16.5. The second kappa shape index (κ2) is 42.7. The normalized spacial score (nSPS) is 11.6. The lowest BCUT2D eigenvalue weighted by Crippen LogP contribution is -2.06. The molecule has 0 aromatic rings. The molecule has 0 saturated heterocycles. The molecule has 0 aromatic heterocycles. The third-order valence-electron chi connectivity index (χ3n) is 10.9. The summed E-state index contributed by atoms with van der Waals surface area (Å²) in [6, 6.07) is 0. The quantitative estimate of drug-likeness (QED) is 0.0462. The molecule has 0 spiro atoms. The van der Waals surface area contributed by atoms with E-state index in [1.54, 1.807) is 0 Å². The molecule has 0 heterocycles. The van der Waals surface area contributed by atoms with Crippen LogP contribution in [0.3, 0.4) is 0 Å². The van der Waals surface area contributed by atoms with Crippen molar-refractivity contribution in [2.75, 3.05) is 13.2 Å². The van der Waals surface area contributed by atoms with E-state index in [1.807, 2.05) is 0 Å². The molecule has 0 rings (SSSR count). The van der Waals surface area contributed by atoms with Gasteiger partial charge in [0.1, 0.15) is 0 Å². The molecule has 0 radical (unpaired) electrons. The fourth-order valence-electron chi connectivity index (χ4n) is 7.31. The van der Waals surface area contributed by atoms with E-state index >= 15 is 0 Å². The zero-order chi connectivity index (χ0) is 38.0. The van der Waals surface area contributed by atoms with Crippen LogP contribution in [0.15, 0.2) is 0 Å². The maximum Gasteiger partial charge on any atom is 0.305 e. The van der Waals surface area contributed by atoms with Crippen LogP contribution < -0.4 is 0 Å². The summed E-state index contributed by atoms with van der Waals surface area (Å²) in [6.07, 6.45) is 48.0. The topological polar surface area (TPSA) is 52.6 Å². The average molecular weight is 735 g/mol. The fraction of sp³-hybridized carbons (Fsp3) is 0.958. The van der Waals surface area contributed by atoms with Crippen LogP contribution in [0.1, 0.15) is 272 Å². The maximum absolute atomic E-state index is 12.0. The molecule has 4 heteroatoms. The van der Waals surface area contributed by atoms with Crippen molar-refractivity contribution >= 4 is 11.9 Å². The van der Waals surface area contributed by atoms with Gasteiger partial charge in [-0.05, 0) is 37.5 Å². The summed E-state index contributed by atoms with van der Waals surface area (Å²) < 4.78 is 10.9. The second-order valence-electron chi connectivity index (χ2n) is 17.3. The SMILES string of the molecule is CC(C)CCCCCCCCCCCCCCCCCOC(=O)CCCCCCC(=O)OCCCCCCCCCCCCCCCCCC(C)C. The molecular weight excluding hydrogens is 641 g/mol. The summed E-state index contributed by atoms with van der Waals surface area (Å²) in [5, 5.41) is 0. The van der Waals surface area contributed by atoms with Crippen LogP contribution in [0.2, 0.25) is 0 Å². The van der Waals surface area contributed by atoms with Crippen molar-refractivity contribution in [2.45, 2.75) is 272 Å². The zero-order valence-corrected chi connectivity index (χ0v) is 36.1. The van der Waals surface area contributed by atoms with Crippen LogP contribution in [0.5, 0.6) is 0 Å². The maximum atomic E-state index is 12.0. The number of hydrogen-bond donors (Lipinski definition) is 0. The van der Waals surface area contributed by atoms with E-state index in [4.69, 9.17) is 9.47 Å². The highest BCUT2D eigenvalue weighted by molar-refractivity contribution is 5.69. The molecule has 4 nitrogen and oxygen atoms in total. The predicted molar refractivity (Wildman–Crippen MR) is 227 cm³/mol. The number of carbonyl (C=O) groups is 2. The van der Waals surface area contributed by atoms with Crippen LogP contribution >= 0.6 is 0 Å². The molecule has 0 N–H and O–H groups in total. The van der Waals surface area contributed by atoms with Crippen molar-refractivity contribution in [1.29, 1.82) is 0 Å². The van der Waals surface area contributed by atoms with Gasteiger partial charge in [0.25, 0.3) is 0 Å². The first-order valence-corrected chi connectivity index (χ1v) is 23.7.